The molecule has 1 atom stereocenters. The average molecular weight is 236 g/mol. The van der Waals surface area contributed by atoms with Gasteiger partial charge in [-0.25, -0.2) is 0 Å². The van der Waals surface area contributed by atoms with E-state index in [-0.39, 0.29) is 11.8 Å². The highest BCUT2D eigenvalue weighted by Gasteiger charge is 2.28. The predicted octanol–water partition coefficient (Wildman–Crippen LogP) is 1.90. The first-order valence-electron chi connectivity index (χ1n) is 5.67. The second-order valence-corrected chi connectivity index (χ2v) is 4.43. The highest BCUT2D eigenvalue weighted by atomic mass is 16.4. The Morgan fingerprint density at radius 1 is 1.65 bits per heavy atom. The van der Waals surface area contributed by atoms with Gasteiger partial charge in [-0.2, -0.15) is 0 Å². The Bertz CT molecular complexity index is 450. The smallest absolute Gasteiger partial charge is 0.289 e. The molecule has 2 heterocycles. The fourth-order valence-electron chi connectivity index (χ4n) is 2.09. The quantitative estimate of drug-likeness (QED) is 0.598. The number of aryl methyl sites for hydroxylation is 1. The number of rotatable bonds is 1. The molecule has 1 aliphatic rings. The summed E-state index contributed by atoms with van der Waals surface area (Å²) in [4.78, 5) is 13.9. The van der Waals surface area contributed by atoms with Crippen LogP contribution in [0.4, 0.5) is 0 Å². The second kappa shape index (κ2) is 4.61. The molecule has 0 aromatic carbocycles. The summed E-state index contributed by atoms with van der Waals surface area (Å²) in [6.07, 6.45) is 2.14. The Balaban J connectivity index is 2.11. The van der Waals surface area contributed by atoms with Crippen molar-refractivity contribution in [2.75, 3.05) is 13.1 Å². The maximum atomic E-state index is 12.2. The number of oxime groups is 1. The number of carbonyl (C=O) groups is 1. The van der Waals surface area contributed by atoms with Crippen molar-refractivity contribution in [1.29, 1.82) is 0 Å². The zero-order valence-electron chi connectivity index (χ0n) is 10.0. The Hall–Kier alpha value is -1.78. The van der Waals surface area contributed by atoms with Crippen LogP contribution in [0.3, 0.4) is 0 Å². The van der Waals surface area contributed by atoms with E-state index in [1.807, 2.05) is 13.8 Å². The first-order valence-corrected chi connectivity index (χ1v) is 5.67. The Kier molecular flexibility index (Phi) is 3.17. The summed E-state index contributed by atoms with van der Waals surface area (Å²) in [5.74, 6) is 0.408. The molecule has 0 saturated carbocycles. The Morgan fingerprint density at radius 2 is 2.41 bits per heavy atom. The molecule has 1 fully saturated rings. The molecule has 1 saturated heterocycles. The minimum atomic E-state index is -0.0867. The molecule has 0 aliphatic carbocycles. The van der Waals surface area contributed by atoms with Gasteiger partial charge in [-0.15, -0.1) is 0 Å². The first kappa shape index (κ1) is 11.7. The van der Waals surface area contributed by atoms with Crippen molar-refractivity contribution in [3.05, 3.63) is 23.7 Å². The van der Waals surface area contributed by atoms with Gasteiger partial charge in [0.2, 0.25) is 0 Å². The van der Waals surface area contributed by atoms with Gasteiger partial charge in [0, 0.05) is 31.0 Å². The molecule has 0 bridgehead atoms. The van der Waals surface area contributed by atoms with Crippen molar-refractivity contribution in [2.24, 2.45) is 11.1 Å². The van der Waals surface area contributed by atoms with Crippen molar-refractivity contribution < 1.29 is 14.4 Å². The standard InChI is InChI=1S/C12H16N2O3/c1-8-4-6-17-11(8)12(15)14-5-3-10(13-16)9(2)7-14/h4,6,9,16H,3,5,7H2,1-2H3/b13-10+. The van der Waals surface area contributed by atoms with Crippen LogP contribution in [-0.2, 0) is 0 Å². The molecule has 92 valence electrons. The molecule has 1 N–H and O–H groups in total. The molecular weight excluding hydrogens is 220 g/mol. The van der Waals surface area contributed by atoms with E-state index in [9.17, 15) is 4.79 Å². The molecule has 1 aromatic rings. The monoisotopic (exact) mass is 236 g/mol. The summed E-state index contributed by atoms with van der Waals surface area (Å²) in [6.45, 7) is 4.94. The third kappa shape index (κ3) is 2.18. The van der Waals surface area contributed by atoms with Gasteiger partial charge in [0.25, 0.3) is 5.91 Å². The van der Waals surface area contributed by atoms with Crippen LogP contribution in [0.25, 0.3) is 0 Å². The van der Waals surface area contributed by atoms with E-state index in [4.69, 9.17) is 9.62 Å². The molecule has 1 unspecified atom stereocenters. The van der Waals surface area contributed by atoms with Gasteiger partial charge >= 0.3 is 0 Å². The van der Waals surface area contributed by atoms with Gasteiger partial charge < -0.3 is 14.5 Å². The third-order valence-corrected chi connectivity index (χ3v) is 3.17. The van der Waals surface area contributed by atoms with E-state index in [2.05, 4.69) is 5.16 Å². The van der Waals surface area contributed by atoms with E-state index < -0.39 is 0 Å². The molecule has 1 aromatic heterocycles. The second-order valence-electron chi connectivity index (χ2n) is 4.43. The van der Waals surface area contributed by atoms with E-state index in [1.54, 1.807) is 11.0 Å². The zero-order chi connectivity index (χ0) is 12.4. The van der Waals surface area contributed by atoms with Gasteiger partial charge in [-0.1, -0.05) is 12.1 Å². The van der Waals surface area contributed by atoms with E-state index in [1.165, 1.54) is 6.26 Å². The van der Waals surface area contributed by atoms with Gasteiger partial charge in [0.1, 0.15) is 0 Å². The van der Waals surface area contributed by atoms with Crippen LogP contribution in [0.5, 0.6) is 0 Å². The lowest BCUT2D eigenvalue weighted by molar-refractivity contribution is 0.0701. The number of carbonyl (C=O) groups excluding carboxylic acids is 1. The summed E-state index contributed by atoms with van der Waals surface area (Å²) in [7, 11) is 0. The molecule has 1 aliphatic heterocycles. The fraction of sp³-hybridized carbons (Fsp3) is 0.500. The number of piperidine rings is 1. The highest BCUT2D eigenvalue weighted by molar-refractivity contribution is 5.95. The summed E-state index contributed by atoms with van der Waals surface area (Å²) in [5.41, 5.74) is 1.61. The van der Waals surface area contributed by atoms with Crippen molar-refractivity contribution >= 4 is 11.6 Å². The minimum Gasteiger partial charge on any atom is -0.459 e. The topological polar surface area (TPSA) is 66.0 Å². The van der Waals surface area contributed by atoms with Crippen molar-refractivity contribution in [3.8, 4) is 0 Å². The summed E-state index contributed by atoms with van der Waals surface area (Å²) in [5, 5.41) is 12.0. The Labute approximate surface area is 99.7 Å². The molecule has 0 spiro atoms. The number of furan rings is 1. The lowest BCUT2D eigenvalue weighted by atomic mass is 9.97. The molecule has 1 amide bonds. The number of nitrogens with zero attached hydrogens (tertiary/aromatic N) is 2. The molecule has 17 heavy (non-hydrogen) atoms. The lowest BCUT2D eigenvalue weighted by Crippen LogP contribution is -2.43. The van der Waals surface area contributed by atoms with Crippen LogP contribution in [0.1, 0.15) is 29.5 Å². The SMILES string of the molecule is Cc1ccoc1C(=O)N1CC/C(=N\O)C(C)C1. The molecule has 5 heteroatoms. The zero-order valence-corrected chi connectivity index (χ0v) is 10.0. The average Bonchev–Trinajstić information content (AvgIpc) is 2.74. The Morgan fingerprint density at radius 3 is 2.94 bits per heavy atom. The van der Waals surface area contributed by atoms with Crippen LogP contribution in [0.2, 0.25) is 0 Å². The van der Waals surface area contributed by atoms with Crippen LogP contribution >= 0.6 is 0 Å². The van der Waals surface area contributed by atoms with E-state index in [0.717, 1.165) is 11.3 Å². The van der Waals surface area contributed by atoms with Crippen LogP contribution < -0.4 is 0 Å². The van der Waals surface area contributed by atoms with Gasteiger partial charge in [0.15, 0.2) is 5.76 Å². The highest BCUT2D eigenvalue weighted by Crippen LogP contribution is 2.18. The normalized spacial score (nSPS) is 23.1. The van der Waals surface area contributed by atoms with Gasteiger partial charge in [0.05, 0.1) is 12.0 Å². The number of hydrogen-bond acceptors (Lipinski definition) is 4. The molecular formula is C12H16N2O3. The van der Waals surface area contributed by atoms with Crippen LogP contribution in [0.15, 0.2) is 21.9 Å². The fourth-order valence-corrected chi connectivity index (χ4v) is 2.09. The first-order chi connectivity index (χ1) is 8.13. The van der Waals surface area contributed by atoms with Crippen molar-refractivity contribution in [3.63, 3.8) is 0 Å². The minimum absolute atomic E-state index is 0.0867. The predicted molar refractivity (Wildman–Crippen MR) is 62.4 cm³/mol. The van der Waals surface area contributed by atoms with E-state index in [0.29, 0.717) is 25.3 Å². The van der Waals surface area contributed by atoms with Gasteiger partial charge in [-0.3, -0.25) is 4.79 Å². The molecule has 0 radical (unpaired) electrons. The lowest BCUT2D eigenvalue weighted by Gasteiger charge is -2.30. The van der Waals surface area contributed by atoms with Crippen LogP contribution in [0, 0.1) is 12.8 Å². The van der Waals surface area contributed by atoms with E-state index >= 15 is 0 Å². The van der Waals surface area contributed by atoms with Crippen LogP contribution in [-0.4, -0.2) is 34.8 Å². The number of likely N-dealkylation sites (tertiary alicyclic amines) is 1. The van der Waals surface area contributed by atoms with Crippen molar-refractivity contribution in [2.45, 2.75) is 20.3 Å². The maximum Gasteiger partial charge on any atom is 0.289 e. The number of hydrogen-bond donors (Lipinski definition) is 1. The summed E-state index contributed by atoms with van der Waals surface area (Å²) >= 11 is 0. The maximum absolute atomic E-state index is 12.2. The van der Waals surface area contributed by atoms with Crippen molar-refractivity contribution in [1.82, 2.24) is 4.90 Å². The number of amides is 1. The molecule has 5 nitrogen and oxygen atoms in total. The summed E-state index contributed by atoms with van der Waals surface area (Å²) in [6, 6.07) is 1.78. The summed E-state index contributed by atoms with van der Waals surface area (Å²) < 4.78 is 5.20. The largest absolute Gasteiger partial charge is 0.459 e. The molecule has 2 rings (SSSR count). The third-order valence-electron chi connectivity index (χ3n) is 3.17. The van der Waals surface area contributed by atoms with Gasteiger partial charge in [-0.05, 0) is 13.0 Å².